The number of thioether (sulfide) groups is 1. The van der Waals surface area contributed by atoms with E-state index in [4.69, 9.17) is 0 Å². The summed E-state index contributed by atoms with van der Waals surface area (Å²) in [4.78, 5) is 23.7. The van der Waals surface area contributed by atoms with Gasteiger partial charge in [0.25, 0.3) is 0 Å². The van der Waals surface area contributed by atoms with Gasteiger partial charge in [-0.2, -0.15) is 8.78 Å². The minimum atomic E-state index is -2.98. The summed E-state index contributed by atoms with van der Waals surface area (Å²) >= 11 is 1.10. The maximum absolute atomic E-state index is 12.4. The minimum absolute atomic E-state index is 0.0139. The SMILES string of the molecule is O=C(CSc1n[nH]c(=O)n1C1CC1)Nc1ccccc1OC(F)F. The molecule has 1 heterocycles. The number of hydrogen-bond acceptors (Lipinski definition) is 5. The van der Waals surface area contributed by atoms with E-state index in [0.717, 1.165) is 24.6 Å². The van der Waals surface area contributed by atoms with Crippen LogP contribution < -0.4 is 15.7 Å². The molecule has 2 aromatic rings. The normalized spacial score (nSPS) is 14.0. The Kier molecular flexibility index (Phi) is 4.84. The van der Waals surface area contributed by atoms with Crippen LogP contribution in [0.25, 0.3) is 0 Å². The first kappa shape index (κ1) is 16.5. The molecule has 24 heavy (non-hydrogen) atoms. The zero-order chi connectivity index (χ0) is 17.1. The number of alkyl halides is 2. The van der Waals surface area contributed by atoms with Gasteiger partial charge in [-0.3, -0.25) is 9.36 Å². The van der Waals surface area contributed by atoms with Gasteiger partial charge in [0.15, 0.2) is 5.16 Å². The fourth-order valence-corrected chi connectivity index (χ4v) is 2.95. The predicted octanol–water partition coefficient (Wildman–Crippen LogP) is 2.24. The van der Waals surface area contributed by atoms with Crippen LogP contribution >= 0.6 is 11.8 Å². The van der Waals surface area contributed by atoms with Crippen LogP contribution in [0.1, 0.15) is 18.9 Å². The highest BCUT2D eigenvalue weighted by molar-refractivity contribution is 7.99. The second-order valence-electron chi connectivity index (χ2n) is 5.12. The van der Waals surface area contributed by atoms with Crippen molar-refractivity contribution >= 4 is 23.4 Å². The molecule has 0 spiro atoms. The van der Waals surface area contributed by atoms with Crippen LogP contribution in [0.3, 0.4) is 0 Å². The van der Waals surface area contributed by atoms with E-state index in [1.165, 1.54) is 22.8 Å². The van der Waals surface area contributed by atoms with Gasteiger partial charge in [0, 0.05) is 6.04 Å². The largest absolute Gasteiger partial charge is 0.433 e. The third kappa shape index (κ3) is 3.94. The summed E-state index contributed by atoms with van der Waals surface area (Å²) in [5, 5.41) is 9.22. The molecule has 1 saturated carbocycles. The number of hydrogen-bond donors (Lipinski definition) is 2. The molecule has 128 valence electrons. The molecule has 2 N–H and O–H groups in total. The third-order valence-corrected chi connectivity index (χ3v) is 4.25. The number of carbonyl (C=O) groups is 1. The Morgan fingerprint density at radius 2 is 2.21 bits per heavy atom. The van der Waals surface area contributed by atoms with E-state index in [9.17, 15) is 18.4 Å². The molecule has 3 rings (SSSR count). The Labute approximate surface area is 139 Å². The van der Waals surface area contributed by atoms with Crippen LogP contribution in [0, 0.1) is 0 Å². The highest BCUT2D eigenvalue weighted by Gasteiger charge is 2.28. The van der Waals surface area contributed by atoms with E-state index >= 15 is 0 Å². The monoisotopic (exact) mass is 356 g/mol. The molecule has 0 bridgehead atoms. The van der Waals surface area contributed by atoms with E-state index in [-0.39, 0.29) is 28.9 Å². The van der Waals surface area contributed by atoms with E-state index in [0.29, 0.717) is 5.16 Å². The Bertz CT molecular complexity index is 788. The highest BCUT2D eigenvalue weighted by atomic mass is 32.2. The third-order valence-electron chi connectivity index (χ3n) is 3.29. The standard InChI is InChI=1S/C14H14F2N4O3S/c15-12(16)23-10-4-2-1-3-9(10)17-11(21)7-24-14-19-18-13(22)20(14)8-5-6-8/h1-4,8,12H,5-7H2,(H,17,21)(H,18,22). The van der Waals surface area contributed by atoms with Crippen molar-refractivity contribution in [2.24, 2.45) is 0 Å². The lowest BCUT2D eigenvalue weighted by Gasteiger charge is -2.11. The first-order valence-electron chi connectivity index (χ1n) is 7.18. The number of benzene rings is 1. The first-order chi connectivity index (χ1) is 11.5. The molecule has 7 nitrogen and oxygen atoms in total. The van der Waals surface area contributed by atoms with Crippen molar-refractivity contribution in [3.63, 3.8) is 0 Å². The van der Waals surface area contributed by atoms with E-state index < -0.39 is 12.5 Å². The number of para-hydroxylation sites is 2. The average Bonchev–Trinajstić information content (AvgIpc) is 3.30. The van der Waals surface area contributed by atoms with Crippen molar-refractivity contribution in [3.05, 3.63) is 34.7 Å². The molecule has 1 fully saturated rings. The van der Waals surface area contributed by atoms with Gasteiger partial charge < -0.3 is 10.1 Å². The highest BCUT2D eigenvalue weighted by Crippen LogP contribution is 2.36. The second-order valence-corrected chi connectivity index (χ2v) is 6.07. The van der Waals surface area contributed by atoms with E-state index in [1.54, 1.807) is 6.07 Å². The van der Waals surface area contributed by atoms with Crippen molar-refractivity contribution in [2.75, 3.05) is 11.1 Å². The molecule has 0 saturated heterocycles. The Morgan fingerprint density at radius 1 is 1.46 bits per heavy atom. The van der Waals surface area contributed by atoms with E-state index in [1.807, 2.05) is 0 Å². The molecule has 1 aromatic heterocycles. The number of carbonyl (C=O) groups excluding carboxylic acids is 1. The number of H-pyrrole nitrogens is 1. The summed E-state index contributed by atoms with van der Waals surface area (Å²) < 4.78 is 30.6. The van der Waals surface area contributed by atoms with Crippen LogP contribution in [-0.4, -0.2) is 33.0 Å². The molecular formula is C14H14F2N4O3S. The maximum atomic E-state index is 12.4. The van der Waals surface area contributed by atoms with Crippen molar-refractivity contribution in [1.29, 1.82) is 0 Å². The predicted molar refractivity (Wildman–Crippen MR) is 83.5 cm³/mol. The lowest BCUT2D eigenvalue weighted by atomic mass is 10.3. The summed E-state index contributed by atoms with van der Waals surface area (Å²) in [6, 6.07) is 6.07. The van der Waals surface area contributed by atoms with Crippen LogP contribution in [0.5, 0.6) is 5.75 Å². The van der Waals surface area contributed by atoms with Crippen molar-refractivity contribution in [2.45, 2.75) is 30.7 Å². The lowest BCUT2D eigenvalue weighted by molar-refractivity contribution is -0.113. The molecule has 1 aliphatic rings. The zero-order valence-electron chi connectivity index (χ0n) is 12.4. The summed E-state index contributed by atoms with van der Waals surface area (Å²) in [6.07, 6.45) is 1.83. The van der Waals surface area contributed by atoms with Crippen LogP contribution in [0.15, 0.2) is 34.2 Å². The van der Waals surface area contributed by atoms with Crippen LogP contribution in [0.4, 0.5) is 14.5 Å². The van der Waals surface area contributed by atoms with Gasteiger partial charge in [-0.25, -0.2) is 9.89 Å². The molecule has 1 amide bonds. The molecule has 0 atom stereocenters. The fraction of sp³-hybridized carbons (Fsp3) is 0.357. The van der Waals surface area contributed by atoms with Crippen LogP contribution in [-0.2, 0) is 4.79 Å². The first-order valence-corrected chi connectivity index (χ1v) is 8.16. The summed E-state index contributed by atoms with van der Waals surface area (Å²) in [5.41, 5.74) is -0.138. The second kappa shape index (κ2) is 7.04. The quantitative estimate of drug-likeness (QED) is 0.743. The molecule has 1 aromatic carbocycles. The number of nitrogens with one attached hydrogen (secondary N) is 2. The molecule has 1 aliphatic carbocycles. The number of aromatic amines is 1. The average molecular weight is 356 g/mol. The molecule has 0 radical (unpaired) electrons. The Hall–Kier alpha value is -2.36. The summed E-state index contributed by atoms with van der Waals surface area (Å²) in [6.45, 7) is -2.98. The molecule has 0 unspecified atom stereocenters. The van der Waals surface area contributed by atoms with Gasteiger partial charge in [0.05, 0.1) is 11.4 Å². The van der Waals surface area contributed by atoms with Gasteiger partial charge in [-0.05, 0) is 25.0 Å². The topological polar surface area (TPSA) is 89.0 Å². The molecular weight excluding hydrogens is 342 g/mol. The minimum Gasteiger partial charge on any atom is -0.433 e. The maximum Gasteiger partial charge on any atom is 0.387 e. The number of ether oxygens (including phenoxy) is 1. The van der Waals surface area contributed by atoms with Gasteiger partial charge in [-0.1, -0.05) is 23.9 Å². The van der Waals surface area contributed by atoms with Gasteiger partial charge in [-0.15, -0.1) is 5.10 Å². The molecule has 0 aliphatic heterocycles. The van der Waals surface area contributed by atoms with Gasteiger partial charge >= 0.3 is 12.3 Å². The Balaban J connectivity index is 1.62. The van der Waals surface area contributed by atoms with Crippen molar-refractivity contribution in [3.8, 4) is 5.75 Å². The fourth-order valence-electron chi connectivity index (χ4n) is 2.13. The van der Waals surface area contributed by atoms with Crippen LogP contribution in [0.2, 0.25) is 0 Å². The smallest absolute Gasteiger partial charge is 0.387 e. The Morgan fingerprint density at radius 3 is 2.92 bits per heavy atom. The summed E-state index contributed by atoms with van der Waals surface area (Å²) in [5.74, 6) is -0.538. The number of anilines is 1. The lowest BCUT2D eigenvalue weighted by Crippen LogP contribution is -2.18. The number of nitrogens with zero attached hydrogens (tertiary/aromatic N) is 2. The number of amides is 1. The zero-order valence-corrected chi connectivity index (χ0v) is 13.2. The summed E-state index contributed by atoms with van der Waals surface area (Å²) in [7, 11) is 0. The number of halogens is 2. The van der Waals surface area contributed by atoms with Crippen molar-refractivity contribution < 1.29 is 18.3 Å². The number of rotatable bonds is 7. The van der Waals surface area contributed by atoms with Gasteiger partial charge in [0.1, 0.15) is 5.75 Å². The van der Waals surface area contributed by atoms with Gasteiger partial charge in [0.2, 0.25) is 5.91 Å². The van der Waals surface area contributed by atoms with Crippen molar-refractivity contribution in [1.82, 2.24) is 14.8 Å². The number of aromatic nitrogens is 3. The van der Waals surface area contributed by atoms with E-state index in [2.05, 4.69) is 20.3 Å². The molecule has 10 heteroatoms.